The summed E-state index contributed by atoms with van der Waals surface area (Å²) in [5.41, 5.74) is 6.73. The molecule has 0 amide bonds. The van der Waals surface area contributed by atoms with Crippen LogP contribution in [0.3, 0.4) is 0 Å². The van der Waals surface area contributed by atoms with Gasteiger partial charge in [0.25, 0.3) is 0 Å². The Kier molecular flexibility index (Phi) is 3.15. The van der Waals surface area contributed by atoms with Crippen LogP contribution in [-0.4, -0.2) is 27.1 Å². The quantitative estimate of drug-likeness (QED) is 0.772. The molecule has 0 saturated heterocycles. The molecule has 1 aromatic heterocycles. The van der Waals surface area contributed by atoms with E-state index in [-0.39, 0.29) is 17.1 Å². The number of aromatic nitrogens is 1. The van der Waals surface area contributed by atoms with Crippen LogP contribution in [-0.2, 0) is 0 Å². The van der Waals surface area contributed by atoms with Crippen molar-refractivity contribution in [2.24, 2.45) is 0 Å². The van der Waals surface area contributed by atoms with E-state index >= 15 is 0 Å². The minimum absolute atomic E-state index is 0.0439. The first-order valence-electron chi connectivity index (χ1n) is 5.32. The smallest absolute Gasteiger partial charge is 0.354 e. The summed E-state index contributed by atoms with van der Waals surface area (Å²) in [7, 11) is 0. The van der Waals surface area contributed by atoms with Crippen LogP contribution in [0.15, 0.2) is 36.4 Å². The molecule has 6 nitrogen and oxygen atoms in total. The molecule has 2 aromatic rings. The van der Waals surface area contributed by atoms with E-state index in [0.29, 0.717) is 11.1 Å². The lowest BCUT2D eigenvalue weighted by Gasteiger charge is -2.06. The van der Waals surface area contributed by atoms with Gasteiger partial charge in [-0.15, -0.1) is 0 Å². The molecule has 0 spiro atoms. The Morgan fingerprint density at radius 1 is 1.05 bits per heavy atom. The summed E-state index contributed by atoms with van der Waals surface area (Å²) in [4.78, 5) is 25.4. The standard InChI is InChI=1S/C13H10N2O4/c14-11-9(4-5-10(15-11)13(18)19)7-2-1-3-8(6-7)12(16)17/h1-6H,(H2,14,15)(H,16,17)(H,18,19). The number of rotatable bonds is 3. The molecule has 0 aliphatic rings. The number of aromatic carboxylic acids is 2. The highest BCUT2D eigenvalue weighted by atomic mass is 16.4. The zero-order chi connectivity index (χ0) is 14.0. The predicted octanol–water partition coefficient (Wildman–Crippen LogP) is 1.73. The van der Waals surface area contributed by atoms with Gasteiger partial charge in [-0.3, -0.25) is 0 Å². The van der Waals surface area contributed by atoms with Crippen LogP contribution in [0.2, 0.25) is 0 Å². The van der Waals surface area contributed by atoms with Crippen molar-refractivity contribution in [1.82, 2.24) is 4.98 Å². The molecule has 4 N–H and O–H groups in total. The summed E-state index contributed by atoms with van der Waals surface area (Å²) in [5.74, 6) is -2.17. The molecule has 2 rings (SSSR count). The van der Waals surface area contributed by atoms with E-state index in [9.17, 15) is 9.59 Å². The monoisotopic (exact) mass is 258 g/mol. The number of nitrogens with zero attached hydrogens (tertiary/aromatic N) is 1. The van der Waals surface area contributed by atoms with Crippen LogP contribution < -0.4 is 5.73 Å². The van der Waals surface area contributed by atoms with Gasteiger partial charge in [0.1, 0.15) is 5.82 Å². The highest BCUT2D eigenvalue weighted by Crippen LogP contribution is 2.25. The molecule has 6 heteroatoms. The number of carboxylic acid groups (broad SMARTS) is 2. The number of anilines is 1. The van der Waals surface area contributed by atoms with Crippen molar-refractivity contribution >= 4 is 17.8 Å². The summed E-state index contributed by atoms with van der Waals surface area (Å²) in [5, 5.41) is 17.7. The maximum Gasteiger partial charge on any atom is 0.354 e. The molecular weight excluding hydrogens is 248 g/mol. The van der Waals surface area contributed by atoms with Gasteiger partial charge in [0.2, 0.25) is 0 Å². The Morgan fingerprint density at radius 2 is 1.79 bits per heavy atom. The summed E-state index contributed by atoms with van der Waals surface area (Å²) in [6, 6.07) is 9.01. The van der Waals surface area contributed by atoms with Gasteiger partial charge in [0, 0.05) is 5.56 Å². The maximum absolute atomic E-state index is 10.9. The van der Waals surface area contributed by atoms with Crippen LogP contribution >= 0.6 is 0 Å². The van der Waals surface area contributed by atoms with E-state index in [4.69, 9.17) is 15.9 Å². The molecule has 1 heterocycles. The van der Waals surface area contributed by atoms with Gasteiger partial charge < -0.3 is 15.9 Å². The molecule has 0 atom stereocenters. The molecule has 0 aliphatic heterocycles. The van der Waals surface area contributed by atoms with Gasteiger partial charge in [0.15, 0.2) is 5.69 Å². The van der Waals surface area contributed by atoms with Crippen molar-refractivity contribution < 1.29 is 19.8 Å². The van der Waals surface area contributed by atoms with Crippen LogP contribution in [0.4, 0.5) is 5.82 Å². The Morgan fingerprint density at radius 3 is 2.37 bits per heavy atom. The van der Waals surface area contributed by atoms with Crippen molar-refractivity contribution in [3.05, 3.63) is 47.7 Å². The number of benzene rings is 1. The second-order valence-electron chi connectivity index (χ2n) is 3.82. The first kappa shape index (κ1) is 12.6. The Labute approximate surface area is 108 Å². The van der Waals surface area contributed by atoms with Crippen molar-refractivity contribution in [2.45, 2.75) is 0 Å². The Hall–Kier alpha value is -2.89. The van der Waals surface area contributed by atoms with Gasteiger partial charge in [-0.1, -0.05) is 12.1 Å². The third kappa shape index (κ3) is 2.52. The summed E-state index contributed by atoms with van der Waals surface area (Å²) in [6.45, 7) is 0. The summed E-state index contributed by atoms with van der Waals surface area (Å²) >= 11 is 0. The number of hydrogen-bond donors (Lipinski definition) is 3. The fourth-order valence-electron chi connectivity index (χ4n) is 1.66. The lowest BCUT2D eigenvalue weighted by Crippen LogP contribution is -2.04. The average Bonchev–Trinajstić information content (AvgIpc) is 2.38. The van der Waals surface area contributed by atoms with Crippen molar-refractivity contribution in [3.63, 3.8) is 0 Å². The molecule has 0 saturated carbocycles. The number of pyridine rings is 1. The highest BCUT2D eigenvalue weighted by Gasteiger charge is 2.11. The molecule has 0 unspecified atom stereocenters. The summed E-state index contributed by atoms with van der Waals surface area (Å²) < 4.78 is 0. The average molecular weight is 258 g/mol. The largest absolute Gasteiger partial charge is 0.478 e. The van der Waals surface area contributed by atoms with Crippen molar-refractivity contribution in [2.75, 3.05) is 5.73 Å². The number of carboxylic acids is 2. The van der Waals surface area contributed by atoms with Crippen molar-refractivity contribution in [1.29, 1.82) is 0 Å². The maximum atomic E-state index is 10.9. The number of nitrogen functional groups attached to an aromatic ring is 1. The van der Waals surface area contributed by atoms with Gasteiger partial charge >= 0.3 is 11.9 Å². The lowest BCUT2D eigenvalue weighted by atomic mass is 10.0. The normalized spacial score (nSPS) is 10.1. The fraction of sp³-hybridized carbons (Fsp3) is 0. The zero-order valence-corrected chi connectivity index (χ0v) is 9.70. The molecule has 0 aliphatic carbocycles. The van der Waals surface area contributed by atoms with Crippen LogP contribution in [0, 0.1) is 0 Å². The first-order chi connectivity index (χ1) is 8.99. The number of carbonyl (C=O) groups is 2. The molecular formula is C13H10N2O4. The van der Waals surface area contributed by atoms with Crippen LogP contribution in [0.5, 0.6) is 0 Å². The van der Waals surface area contributed by atoms with Crippen LogP contribution in [0.25, 0.3) is 11.1 Å². The van der Waals surface area contributed by atoms with Gasteiger partial charge in [0.05, 0.1) is 5.56 Å². The van der Waals surface area contributed by atoms with Gasteiger partial charge in [-0.25, -0.2) is 14.6 Å². The van der Waals surface area contributed by atoms with E-state index in [2.05, 4.69) is 4.98 Å². The first-order valence-corrected chi connectivity index (χ1v) is 5.32. The third-order valence-corrected chi connectivity index (χ3v) is 2.56. The number of nitrogens with two attached hydrogens (primary N) is 1. The Balaban J connectivity index is 2.50. The molecule has 0 radical (unpaired) electrons. The molecule has 96 valence electrons. The second kappa shape index (κ2) is 4.77. The van der Waals surface area contributed by atoms with E-state index in [1.54, 1.807) is 12.1 Å². The van der Waals surface area contributed by atoms with E-state index in [0.717, 1.165) is 0 Å². The van der Waals surface area contributed by atoms with E-state index in [1.807, 2.05) is 0 Å². The fourth-order valence-corrected chi connectivity index (χ4v) is 1.66. The van der Waals surface area contributed by atoms with Crippen LogP contribution in [0.1, 0.15) is 20.8 Å². The third-order valence-electron chi connectivity index (χ3n) is 2.56. The minimum atomic E-state index is -1.17. The van der Waals surface area contributed by atoms with E-state index < -0.39 is 11.9 Å². The number of hydrogen-bond acceptors (Lipinski definition) is 4. The highest BCUT2D eigenvalue weighted by molar-refractivity contribution is 5.91. The topological polar surface area (TPSA) is 114 Å². The molecule has 0 bridgehead atoms. The lowest BCUT2D eigenvalue weighted by molar-refractivity contribution is 0.0683. The predicted molar refractivity (Wildman–Crippen MR) is 68.0 cm³/mol. The van der Waals surface area contributed by atoms with Gasteiger partial charge in [-0.2, -0.15) is 0 Å². The molecule has 1 aromatic carbocycles. The summed E-state index contributed by atoms with van der Waals surface area (Å²) in [6.07, 6.45) is 0. The van der Waals surface area contributed by atoms with Crippen molar-refractivity contribution in [3.8, 4) is 11.1 Å². The van der Waals surface area contributed by atoms with E-state index in [1.165, 1.54) is 24.3 Å². The Bertz CT molecular complexity index is 667. The molecule has 19 heavy (non-hydrogen) atoms. The SMILES string of the molecule is Nc1nc(C(=O)O)ccc1-c1cccc(C(=O)O)c1. The zero-order valence-electron chi connectivity index (χ0n) is 9.70. The minimum Gasteiger partial charge on any atom is -0.478 e. The second-order valence-corrected chi connectivity index (χ2v) is 3.82. The van der Waals surface area contributed by atoms with Gasteiger partial charge in [-0.05, 0) is 29.8 Å². The molecule has 0 fully saturated rings.